The summed E-state index contributed by atoms with van der Waals surface area (Å²) in [5.74, 6) is 0. The van der Waals surface area contributed by atoms with Gasteiger partial charge in [-0.15, -0.1) is 12.4 Å². The zero-order chi connectivity index (χ0) is 30.9. The number of quaternary nitrogens is 1. The van der Waals surface area contributed by atoms with Crippen LogP contribution in [0.25, 0.3) is 0 Å². The molecule has 0 aliphatic rings. The van der Waals surface area contributed by atoms with Crippen molar-refractivity contribution in [3.05, 3.63) is 0 Å². The van der Waals surface area contributed by atoms with Gasteiger partial charge in [0.1, 0.15) is 0 Å². The van der Waals surface area contributed by atoms with Crippen LogP contribution in [0.1, 0.15) is 220 Å². The van der Waals surface area contributed by atoms with Gasteiger partial charge in [0.05, 0.1) is 27.7 Å². The summed E-state index contributed by atoms with van der Waals surface area (Å²) in [6, 6.07) is 0. The third-order valence-electron chi connectivity index (χ3n) is 8.61. The maximum absolute atomic E-state index is 5.99. The summed E-state index contributed by atoms with van der Waals surface area (Å²) in [4.78, 5) is 0. The number of halogens is 2. The number of hydrogen-bond donors (Lipinski definition) is 1. The number of hydrogen-bond acceptors (Lipinski definition) is 1. The average Bonchev–Trinajstić information content (AvgIpc) is 2.90. The van der Waals surface area contributed by atoms with Crippen LogP contribution >= 0.6 is 12.4 Å². The standard InChI is InChI=1S/C20H43N.C19H42N.BrH.ClH/c1-4-5-6-7-8-9-10-11-12-13-14-15-16-17-18-19-20(2,3)21;1-5-6-7-8-9-10-11-12-13-14-15-16-17-18-19-20(2,3)4;;/h4-19,21H2,1-3H3;5-19H2,1-4H3;2*1H/q;+1;;/p-1. The van der Waals surface area contributed by atoms with Crippen LogP contribution in [-0.2, 0) is 0 Å². The summed E-state index contributed by atoms with van der Waals surface area (Å²) in [6.07, 6.45) is 43.0. The van der Waals surface area contributed by atoms with E-state index in [1.165, 1.54) is 199 Å². The van der Waals surface area contributed by atoms with Crippen molar-refractivity contribution in [2.75, 3.05) is 27.7 Å². The molecular weight excluding hydrogens is 612 g/mol. The molecule has 0 aliphatic carbocycles. The second-order valence-electron chi connectivity index (χ2n) is 15.3. The molecule has 0 radical (unpaired) electrons. The molecule has 4 heteroatoms. The summed E-state index contributed by atoms with van der Waals surface area (Å²) < 4.78 is 1.12. The van der Waals surface area contributed by atoms with Crippen LogP contribution in [0.3, 0.4) is 0 Å². The zero-order valence-electron chi connectivity index (χ0n) is 31.2. The number of nitrogens with two attached hydrogens (primary N) is 1. The van der Waals surface area contributed by atoms with Crippen LogP contribution in [0.5, 0.6) is 0 Å². The lowest BCUT2D eigenvalue weighted by Crippen LogP contribution is -3.00. The van der Waals surface area contributed by atoms with Crippen LogP contribution in [-0.4, -0.2) is 37.7 Å². The lowest BCUT2D eigenvalue weighted by atomic mass is 9.97. The predicted molar refractivity (Wildman–Crippen MR) is 198 cm³/mol. The Bertz CT molecular complexity index is 473. The zero-order valence-corrected chi connectivity index (χ0v) is 33.6. The number of rotatable bonds is 31. The maximum Gasteiger partial charge on any atom is 0.0780 e. The molecule has 0 heterocycles. The first kappa shape index (κ1) is 50.5. The van der Waals surface area contributed by atoms with Crippen LogP contribution in [0.4, 0.5) is 0 Å². The van der Waals surface area contributed by atoms with Gasteiger partial charge in [-0.3, -0.25) is 0 Å². The van der Waals surface area contributed by atoms with Gasteiger partial charge in [-0.2, -0.15) is 0 Å². The smallest absolute Gasteiger partial charge is 0.0780 e. The molecule has 0 aliphatic heterocycles. The van der Waals surface area contributed by atoms with Crippen LogP contribution < -0.4 is 22.7 Å². The minimum Gasteiger partial charge on any atom is -1.00 e. The largest absolute Gasteiger partial charge is 1.00 e. The lowest BCUT2D eigenvalue weighted by Gasteiger charge is -2.23. The normalized spacial score (nSPS) is 11.4. The summed E-state index contributed by atoms with van der Waals surface area (Å²) in [6.45, 7) is 10.2. The molecule has 0 saturated carbocycles. The Hall–Kier alpha value is 0.690. The van der Waals surface area contributed by atoms with E-state index in [0.29, 0.717) is 0 Å². The van der Waals surface area contributed by atoms with Crippen molar-refractivity contribution in [3.63, 3.8) is 0 Å². The highest BCUT2D eigenvalue weighted by molar-refractivity contribution is 5.85. The fourth-order valence-electron chi connectivity index (χ4n) is 5.73. The minimum atomic E-state index is 0. The van der Waals surface area contributed by atoms with Crippen LogP contribution in [0.2, 0.25) is 0 Å². The minimum absolute atomic E-state index is 0. The molecular formula is C39H86BrClN2. The van der Waals surface area contributed by atoms with E-state index in [1.54, 1.807) is 0 Å². The van der Waals surface area contributed by atoms with Gasteiger partial charge in [-0.25, -0.2) is 0 Å². The molecule has 0 atom stereocenters. The quantitative estimate of drug-likeness (QED) is 0.0566. The summed E-state index contributed by atoms with van der Waals surface area (Å²) in [7, 11) is 6.88. The van der Waals surface area contributed by atoms with Crippen molar-refractivity contribution in [1.82, 2.24) is 0 Å². The second-order valence-corrected chi connectivity index (χ2v) is 15.3. The maximum atomic E-state index is 5.99. The molecule has 0 aromatic rings. The molecule has 43 heavy (non-hydrogen) atoms. The Morgan fingerprint density at radius 3 is 0.814 bits per heavy atom. The summed E-state index contributed by atoms with van der Waals surface area (Å²) in [5.41, 5.74) is 6.03. The van der Waals surface area contributed by atoms with Gasteiger partial charge in [0.2, 0.25) is 0 Å². The summed E-state index contributed by atoms with van der Waals surface area (Å²) in [5, 5.41) is 0. The number of nitrogens with zero attached hydrogens (tertiary/aromatic N) is 1. The van der Waals surface area contributed by atoms with Gasteiger partial charge >= 0.3 is 0 Å². The molecule has 266 valence electrons. The second kappa shape index (κ2) is 38.9. The van der Waals surface area contributed by atoms with E-state index in [1.807, 2.05) is 0 Å². The predicted octanol–water partition coefficient (Wildman–Crippen LogP) is 10.6. The first-order valence-electron chi connectivity index (χ1n) is 19.2. The van der Waals surface area contributed by atoms with E-state index in [2.05, 4.69) is 48.8 Å². The molecule has 2 N–H and O–H groups in total. The van der Waals surface area contributed by atoms with E-state index in [4.69, 9.17) is 5.73 Å². The third-order valence-corrected chi connectivity index (χ3v) is 8.61. The van der Waals surface area contributed by atoms with Gasteiger partial charge in [-0.05, 0) is 33.1 Å². The Labute approximate surface area is 292 Å². The van der Waals surface area contributed by atoms with E-state index in [9.17, 15) is 0 Å². The molecule has 0 spiro atoms. The molecule has 0 amide bonds. The fraction of sp³-hybridized carbons (Fsp3) is 1.00. The molecule has 0 aromatic heterocycles. The first-order valence-corrected chi connectivity index (χ1v) is 19.2. The first-order chi connectivity index (χ1) is 19.6. The average molecular weight is 698 g/mol. The number of unbranched alkanes of at least 4 members (excludes halogenated alkanes) is 27. The molecule has 0 fully saturated rings. The Morgan fingerprint density at radius 2 is 0.605 bits per heavy atom. The van der Waals surface area contributed by atoms with Gasteiger partial charge in [0.25, 0.3) is 0 Å². The van der Waals surface area contributed by atoms with E-state index in [0.717, 1.165) is 4.48 Å². The molecule has 2 nitrogen and oxygen atoms in total. The Kier molecular flexibility index (Phi) is 45.7. The van der Waals surface area contributed by atoms with Gasteiger partial charge in [0.15, 0.2) is 0 Å². The molecule has 0 saturated heterocycles. The SMILES string of the molecule is CCCCCCCCCCCCCCCCCC(C)(C)N.CCCCCCCCCCCCCCCC[N+](C)(C)C.Cl.[Br-]. The van der Waals surface area contributed by atoms with Crippen molar-refractivity contribution in [2.45, 2.75) is 226 Å². The molecule has 0 bridgehead atoms. The van der Waals surface area contributed by atoms with E-state index >= 15 is 0 Å². The topological polar surface area (TPSA) is 26.0 Å². The van der Waals surface area contributed by atoms with Crippen molar-refractivity contribution >= 4 is 12.4 Å². The van der Waals surface area contributed by atoms with Crippen molar-refractivity contribution < 1.29 is 21.5 Å². The fourth-order valence-corrected chi connectivity index (χ4v) is 5.73. The van der Waals surface area contributed by atoms with Crippen molar-refractivity contribution in [3.8, 4) is 0 Å². The highest BCUT2D eigenvalue weighted by Gasteiger charge is 2.09. The third kappa shape index (κ3) is 55.5. The molecule has 0 aromatic carbocycles. The Morgan fingerprint density at radius 1 is 0.395 bits per heavy atom. The highest BCUT2D eigenvalue weighted by Crippen LogP contribution is 2.16. The summed E-state index contributed by atoms with van der Waals surface area (Å²) >= 11 is 0. The molecule has 0 unspecified atom stereocenters. The van der Waals surface area contributed by atoms with Gasteiger partial charge in [0, 0.05) is 5.54 Å². The van der Waals surface area contributed by atoms with Crippen LogP contribution in [0, 0.1) is 0 Å². The van der Waals surface area contributed by atoms with Gasteiger partial charge < -0.3 is 27.2 Å². The van der Waals surface area contributed by atoms with Crippen molar-refractivity contribution in [1.29, 1.82) is 0 Å². The van der Waals surface area contributed by atoms with Crippen molar-refractivity contribution in [2.24, 2.45) is 5.73 Å². The van der Waals surface area contributed by atoms with Gasteiger partial charge in [-0.1, -0.05) is 187 Å². The Balaban J connectivity index is -0.000000338. The lowest BCUT2D eigenvalue weighted by molar-refractivity contribution is -0.870. The monoisotopic (exact) mass is 697 g/mol. The van der Waals surface area contributed by atoms with E-state index < -0.39 is 0 Å². The molecule has 0 rings (SSSR count). The van der Waals surface area contributed by atoms with E-state index in [-0.39, 0.29) is 34.9 Å². The highest BCUT2D eigenvalue weighted by atomic mass is 79.9. The van der Waals surface area contributed by atoms with Crippen LogP contribution in [0.15, 0.2) is 0 Å².